The van der Waals surface area contributed by atoms with Crippen LogP contribution >= 0.6 is 0 Å². The summed E-state index contributed by atoms with van der Waals surface area (Å²) in [4.78, 5) is 17.4. The summed E-state index contributed by atoms with van der Waals surface area (Å²) >= 11 is 0. The Morgan fingerprint density at radius 3 is 2.50 bits per heavy atom. The molecule has 1 amide bonds. The highest BCUT2D eigenvalue weighted by Crippen LogP contribution is 2.38. The van der Waals surface area contributed by atoms with Gasteiger partial charge in [-0.3, -0.25) is 4.79 Å². The highest BCUT2D eigenvalue weighted by molar-refractivity contribution is 5.76. The van der Waals surface area contributed by atoms with Gasteiger partial charge in [0.1, 0.15) is 12.4 Å². The van der Waals surface area contributed by atoms with Gasteiger partial charge in [-0.25, -0.2) is 0 Å². The van der Waals surface area contributed by atoms with Crippen LogP contribution in [0.4, 0.5) is 0 Å². The zero-order chi connectivity index (χ0) is 22.2. The van der Waals surface area contributed by atoms with Gasteiger partial charge in [0.2, 0.25) is 5.91 Å². The second-order valence-corrected chi connectivity index (χ2v) is 9.77. The van der Waals surface area contributed by atoms with Crippen molar-refractivity contribution in [2.75, 3.05) is 39.8 Å². The topological polar surface area (TPSA) is 32.8 Å². The summed E-state index contributed by atoms with van der Waals surface area (Å²) in [5.74, 6) is 1.37. The van der Waals surface area contributed by atoms with Crippen LogP contribution in [0.25, 0.3) is 0 Å². The smallest absolute Gasteiger partial charge is 0.222 e. The molecule has 4 heteroatoms. The van der Waals surface area contributed by atoms with Crippen molar-refractivity contribution in [3.8, 4) is 5.75 Å². The summed E-state index contributed by atoms with van der Waals surface area (Å²) in [6, 6.07) is 18.9. The Morgan fingerprint density at radius 1 is 0.938 bits per heavy atom. The molecule has 2 aliphatic heterocycles. The Hall–Kier alpha value is -2.33. The van der Waals surface area contributed by atoms with Gasteiger partial charge in [0.25, 0.3) is 0 Å². The summed E-state index contributed by atoms with van der Waals surface area (Å²) in [5.41, 5.74) is 2.91. The number of carbonyl (C=O) groups excluding carboxylic acids is 1. The van der Waals surface area contributed by atoms with Gasteiger partial charge >= 0.3 is 0 Å². The van der Waals surface area contributed by atoms with Crippen molar-refractivity contribution in [1.29, 1.82) is 0 Å². The lowest BCUT2D eigenvalue weighted by Crippen LogP contribution is -2.48. The predicted octanol–water partition coefficient (Wildman–Crippen LogP) is 4.97. The van der Waals surface area contributed by atoms with Crippen molar-refractivity contribution in [2.45, 2.75) is 51.4 Å². The normalized spacial score (nSPS) is 20.0. The van der Waals surface area contributed by atoms with E-state index in [0.717, 1.165) is 64.2 Å². The van der Waals surface area contributed by atoms with Crippen LogP contribution < -0.4 is 4.74 Å². The Balaban J connectivity index is 1.32. The number of rotatable bonds is 3. The fourth-order valence-corrected chi connectivity index (χ4v) is 5.40. The first-order valence-corrected chi connectivity index (χ1v) is 12.3. The van der Waals surface area contributed by atoms with E-state index >= 15 is 0 Å². The first-order chi connectivity index (χ1) is 15.6. The first-order valence-electron chi connectivity index (χ1n) is 12.3. The number of likely N-dealkylation sites (tertiary alicyclic amines) is 1. The maximum absolute atomic E-state index is 12.8. The Bertz CT molecular complexity index is 859. The van der Waals surface area contributed by atoms with E-state index in [4.69, 9.17) is 4.74 Å². The summed E-state index contributed by atoms with van der Waals surface area (Å²) in [5, 5.41) is 0. The first kappa shape index (κ1) is 22.8. The average molecular weight is 435 g/mol. The second-order valence-electron chi connectivity index (χ2n) is 9.77. The van der Waals surface area contributed by atoms with E-state index in [1.165, 1.54) is 30.4 Å². The molecule has 0 bridgehead atoms. The Labute approximate surface area is 193 Å². The zero-order valence-electron chi connectivity index (χ0n) is 19.6. The van der Waals surface area contributed by atoms with Crippen molar-refractivity contribution >= 4 is 5.91 Å². The number of hydrogen-bond acceptors (Lipinski definition) is 3. The fraction of sp³-hybridized carbons (Fsp3) is 0.536. The van der Waals surface area contributed by atoms with Crippen LogP contribution in [0.1, 0.15) is 49.7 Å². The van der Waals surface area contributed by atoms with Crippen LogP contribution in [0.2, 0.25) is 0 Å². The van der Waals surface area contributed by atoms with Crippen LogP contribution in [0.5, 0.6) is 5.75 Å². The molecule has 2 aromatic carbocycles. The predicted molar refractivity (Wildman–Crippen MR) is 130 cm³/mol. The highest BCUT2D eigenvalue weighted by Gasteiger charge is 2.36. The molecule has 172 valence electrons. The fourth-order valence-electron chi connectivity index (χ4n) is 5.40. The zero-order valence-corrected chi connectivity index (χ0v) is 19.6. The molecule has 0 radical (unpaired) electrons. The number of ether oxygens (including phenoxy) is 1. The van der Waals surface area contributed by atoms with Crippen LogP contribution in [0, 0.1) is 5.41 Å². The Morgan fingerprint density at radius 2 is 1.69 bits per heavy atom. The number of piperidine rings is 1. The summed E-state index contributed by atoms with van der Waals surface area (Å²) < 4.78 is 6.12. The van der Waals surface area contributed by atoms with Gasteiger partial charge in [-0.1, -0.05) is 55.0 Å². The van der Waals surface area contributed by atoms with E-state index in [1.807, 2.05) is 18.2 Å². The molecule has 4 nitrogen and oxygen atoms in total. The molecule has 1 fully saturated rings. The molecule has 4 rings (SSSR count). The maximum atomic E-state index is 12.8. The average Bonchev–Trinajstić information content (AvgIpc) is 2.81. The molecule has 2 aromatic rings. The van der Waals surface area contributed by atoms with Crippen LogP contribution in [0.15, 0.2) is 54.6 Å². The van der Waals surface area contributed by atoms with Gasteiger partial charge in [-0.15, -0.1) is 0 Å². The molecule has 0 N–H and O–H groups in total. The molecule has 2 heterocycles. The monoisotopic (exact) mass is 434 g/mol. The third-order valence-corrected chi connectivity index (χ3v) is 7.36. The molecule has 0 saturated carbocycles. The third-order valence-electron chi connectivity index (χ3n) is 7.36. The minimum atomic E-state index is 0.315. The van der Waals surface area contributed by atoms with Crippen LogP contribution in [-0.4, -0.2) is 55.5 Å². The molecular weight excluding hydrogens is 396 g/mol. The molecule has 0 aliphatic carbocycles. The summed E-state index contributed by atoms with van der Waals surface area (Å²) in [6.07, 6.45) is 8.48. The number of likely N-dealkylation sites (N-methyl/N-ethyl adjacent to an activating group) is 1. The number of amides is 1. The minimum absolute atomic E-state index is 0.315. The van der Waals surface area contributed by atoms with E-state index < -0.39 is 0 Å². The van der Waals surface area contributed by atoms with Gasteiger partial charge in [0.05, 0.1) is 0 Å². The number of fused-ring (bicyclic) bond motifs is 1. The van der Waals surface area contributed by atoms with Crippen molar-refractivity contribution < 1.29 is 9.53 Å². The molecule has 0 aromatic heterocycles. The minimum Gasteiger partial charge on any atom is -0.492 e. The van der Waals surface area contributed by atoms with Gasteiger partial charge in [-0.05, 0) is 68.2 Å². The number of hydrogen-bond donors (Lipinski definition) is 0. The quantitative estimate of drug-likeness (QED) is 0.684. The molecular formula is C28H38N2O2. The molecule has 0 unspecified atom stereocenters. The second kappa shape index (κ2) is 11.0. The lowest BCUT2D eigenvalue weighted by atomic mass is 9.73. The molecule has 0 atom stereocenters. The van der Waals surface area contributed by atoms with Crippen LogP contribution in [0.3, 0.4) is 0 Å². The van der Waals surface area contributed by atoms with Gasteiger partial charge < -0.3 is 14.5 Å². The standard InChI is InChI=1S/C28H38N2O2/c1-29-21-22-32-26-13-6-5-11-25(26)12-7-8-16-28(23-29)17-19-30(20-18-28)27(31)15-14-24-9-3-2-4-10-24/h2-6,9-11,13H,7-8,12,14-23H2,1H3. The van der Waals surface area contributed by atoms with Gasteiger partial charge in [-0.2, -0.15) is 0 Å². The molecule has 32 heavy (non-hydrogen) atoms. The van der Waals surface area contributed by atoms with Crippen molar-refractivity contribution in [2.24, 2.45) is 5.41 Å². The number of aryl methyl sites for hydroxylation is 2. The van der Waals surface area contributed by atoms with Crippen molar-refractivity contribution in [3.05, 3.63) is 65.7 Å². The summed E-state index contributed by atoms with van der Waals surface area (Å²) in [7, 11) is 2.22. The number of para-hydroxylation sites is 1. The number of carbonyl (C=O) groups is 1. The lowest BCUT2D eigenvalue weighted by molar-refractivity contribution is -0.133. The van der Waals surface area contributed by atoms with Crippen LogP contribution in [-0.2, 0) is 17.6 Å². The number of nitrogens with zero attached hydrogens (tertiary/aromatic N) is 2. The van der Waals surface area contributed by atoms with E-state index in [1.54, 1.807) is 0 Å². The van der Waals surface area contributed by atoms with Gasteiger partial charge in [0, 0.05) is 32.6 Å². The van der Waals surface area contributed by atoms with E-state index in [0.29, 0.717) is 17.7 Å². The maximum Gasteiger partial charge on any atom is 0.222 e. The highest BCUT2D eigenvalue weighted by atomic mass is 16.5. The van der Waals surface area contributed by atoms with E-state index in [-0.39, 0.29) is 0 Å². The molecule has 1 saturated heterocycles. The largest absolute Gasteiger partial charge is 0.492 e. The lowest BCUT2D eigenvalue weighted by Gasteiger charge is -2.44. The number of benzene rings is 2. The summed E-state index contributed by atoms with van der Waals surface area (Å²) in [6.45, 7) is 4.58. The molecule has 2 aliphatic rings. The van der Waals surface area contributed by atoms with Crippen molar-refractivity contribution in [3.63, 3.8) is 0 Å². The SMILES string of the molecule is CN1CCOc2ccccc2CCCCC2(CCN(C(=O)CCc3ccccc3)CC2)C1. The van der Waals surface area contributed by atoms with Gasteiger partial charge in [0.15, 0.2) is 0 Å². The molecule has 1 spiro atoms. The van der Waals surface area contributed by atoms with E-state index in [9.17, 15) is 4.79 Å². The Kier molecular flexibility index (Phi) is 7.85. The third kappa shape index (κ3) is 6.13. The van der Waals surface area contributed by atoms with E-state index in [2.05, 4.69) is 53.2 Å². The van der Waals surface area contributed by atoms with Crippen molar-refractivity contribution in [1.82, 2.24) is 9.80 Å².